The number of ether oxygens (including phenoxy) is 1. The van der Waals surface area contributed by atoms with E-state index in [0.717, 1.165) is 17.5 Å². The van der Waals surface area contributed by atoms with Gasteiger partial charge in [0.25, 0.3) is 5.91 Å². The van der Waals surface area contributed by atoms with Crippen molar-refractivity contribution in [3.8, 4) is 11.5 Å². The van der Waals surface area contributed by atoms with Gasteiger partial charge in [0.2, 0.25) is 0 Å². The molecule has 0 radical (unpaired) electrons. The summed E-state index contributed by atoms with van der Waals surface area (Å²) in [6, 6.07) is 11.3. The molecule has 0 bridgehead atoms. The van der Waals surface area contributed by atoms with E-state index in [1.807, 2.05) is 19.2 Å². The number of thiazole rings is 1. The number of carbonyl (C=O) groups excluding carboxylic acids is 1. The van der Waals surface area contributed by atoms with Gasteiger partial charge in [0.05, 0.1) is 10.6 Å². The van der Waals surface area contributed by atoms with Crippen LogP contribution in [0.1, 0.15) is 21.6 Å². The first kappa shape index (κ1) is 19.1. The van der Waals surface area contributed by atoms with E-state index in [1.165, 1.54) is 23.5 Å². The van der Waals surface area contributed by atoms with Crippen LogP contribution in [0.3, 0.4) is 0 Å². The van der Waals surface area contributed by atoms with Crippen molar-refractivity contribution >= 4 is 32.2 Å². The Kier molecular flexibility index (Phi) is 5.29. The molecule has 8 heteroatoms. The molecule has 2 aromatic carbocycles. The Hall–Kier alpha value is -2.71. The van der Waals surface area contributed by atoms with Gasteiger partial charge < -0.3 is 4.74 Å². The molecular weight excluding hydrogens is 384 g/mol. The second-order valence-corrected chi connectivity index (χ2v) is 9.00. The molecule has 1 aromatic heterocycles. The van der Waals surface area contributed by atoms with Crippen molar-refractivity contribution in [2.24, 2.45) is 0 Å². The van der Waals surface area contributed by atoms with Gasteiger partial charge in [0.15, 0.2) is 15.0 Å². The molecule has 1 amide bonds. The predicted molar refractivity (Wildman–Crippen MR) is 106 cm³/mol. The first-order chi connectivity index (χ1) is 12.7. The maximum absolute atomic E-state index is 12.5. The summed E-state index contributed by atoms with van der Waals surface area (Å²) in [6.07, 6.45) is 1.15. The highest BCUT2D eigenvalue weighted by atomic mass is 32.2. The molecule has 140 valence electrons. The Bertz CT molecular complexity index is 1090. The molecule has 1 heterocycles. The second-order valence-electron chi connectivity index (χ2n) is 6.13. The van der Waals surface area contributed by atoms with Crippen LogP contribution in [0.4, 0.5) is 5.13 Å². The minimum absolute atomic E-state index is 0.220. The largest absolute Gasteiger partial charge is 0.457 e. The summed E-state index contributed by atoms with van der Waals surface area (Å²) in [6.45, 7) is 3.73. The summed E-state index contributed by atoms with van der Waals surface area (Å²) in [5, 5.41) is 5.17. The third kappa shape index (κ3) is 4.93. The van der Waals surface area contributed by atoms with Gasteiger partial charge in [-0.05, 0) is 61.9 Å². The molecule has 3 aromatic rings. The fourth-order valence-corrected chi connectivity index (χ4v) is 3.72. The monoisotopic (exact) mass is 402 g/mol. The van der Waals surface area contributed by atoms with Crippen LogP contribution in [0.5, 0.6) is 11.5 Å². The van der Waals surface area contributed by atoms with Gasteiger partial charge in [-0.25, -0.2) is 13.4 Å². The number of benzene rings is 2. The zero-order valence-electron chi connectivity index (χ0n) is 15.0. The van der Waals surface area contributed by atoms with Crippen LogP contribution < -0.4 is 10.1 Å². The van der Waals surface area contributed by atoms with Gasteiger partial charge in [-0.15, -0.1) is 11.3 Å². The topological polar surface area (TPSA) is 85.4 Å². The van der Waals surface area contributed by atoms with Crippen molar-refractivity contribution in [3.63, 3.8) is 0 Å². The van der Waals surface area contributed by atoms with E-state index >= 15 is 0 Å². The number of nitrogens with one attached hydrogen (secondary N) is 1. The van der Waals surface area contributed by atoms with Gasteiger partial charge >= 0.3 is 0 Å². The van der Waals surface area contributed by atoms with Crippen molar-refractivity contribution in [1.29, 1.82) is 0 Å². The normalized spacial score (nSPS) is 11.2. The Balaban J connectivity index is 1.79. The molecule has 0 spiro atoms. The van der Waals surface area contributed by atoms with Crippen LogP contribution in [-0.4, -0.2) is 25.6 Å². The minimum atomic E-state index is -3.26. The lowest BCUT2D eigenvalue weighted by atomic mass is 10.1. The fourth-order valence-electron chi connectivity index (χ4n) is 2.41. The highest BCUT2D eigenvalue weighted by molar-refractivity contribution is 7.90. The van der Waals surface area contributed by atoms with Crippen LogP contribution in [0.2, 0.25) is 0 Å². The maximum Gasteiger partial charge on any atom is 0.257 e. The van der Waals surface area contributed by atoms with Crippen molar-refractivity contribution < 1.29 is 17.9 Å². The Morgan fingerprint density at radius 2 is 1.78 bits per heavy atom. The molecule has 0 aliphatic rings. The Labute approximate surface area is 161 Å². The van der Waals surface area contributed by atoms with E-state index < -0.39 is 9.84 Å². The Morgan fingerprint density at radius 1 is 1.07 bits per heavy atom. The second kappa shape index (κ2) is 7.50. The third-order valence-electron chi connectivity index (χ3n) is 3.64. The first-order valence-electron chi connectivity index (χ1n) is 8.04. The summed E-state index contributed by atoms with van der Waals surface area (Å²) in [5.41, 5.74) is 2.16. The van der Waals surface area contributed by atoms with Crippen LogP contribution in [0.25, 0.3) is 0 Å². The molecule has 0 atom stereocenters. The number of hydrogen-bond donors (Lipinski definition) is 1. The lowest BCUT2D eigenvalue weighted by molar-refractivity contribution is 0.102. The number of rotatable bonds is 5. The van der Waals surface area contributed by atoms with E-state index in [-0.39, 0.29) is 10.8 Å². The molecule has 0 fully saturated rings. The van der Waals surface area contributed by atoms with Crippen molar-refractivity contribution in [1.82, 2.24) is 4.98 Å². The van der Waals surface area contributed by atoms with Crippen LogP contribution >= 0.6 is 11.3 Å². The van der Waals surface area contributed by atoms with Crippen molar-refractivity contribution in [2.75, 3.05) is 11.6 Å². The number of hydrogen-bond acceptors (Lipinski definition) is 6. The number of sulfone groups is 1. The molecule has 0 saturated heterocycles. The molecular formula is C19H18N2O4S2. The molecule has 6 nitrogen and oxygen atoms in total. The van der Waals surface area contributed by atoms with E-state index in [9.17, 15) is 13.2 Å². The fraction of sp³-hybridized carbons (Fsp3) is 0.158. The van der Waals surface area contributed by atoms with Crippen LogP contribution in [0, 0.1) is 13.8 Å². The maximum atomic E-state index is 12.5. The van der Waals surface area contributed by atoms with Gasteiger partial charge in [-0.2, -0.15) is 0 Å². The molecule has 0 saturated carbocycles. The summed E-state index contributed by atoms with van der Waals surface area (Å²) < 4.78 is 28.8. The van der Waals surface area contributed by atoms with E-state index in [2.05, 4.69) is 10.3 Å². The van der Waals surface area contributed by atoms with Gasteiger partial charge in [-0.3, -0.25) is 10.1 Å². The highest BCUT2D eigenvalue weighted by Crippen LogP contribution is 2.26. The van der Waals surface area contributed by atoms with E-state index in [1.54, 1.807) is 30.3 Å². The average molecular weight is 402 g/mol. The lowest BCUT2D eigenvalue weighted by Gasteiger charge is -2.10. The van der Waals surface area contributed by atoms with Crippen LogP contribution in [-0.2, 0) is 9.84 Å². The number of nitrogens with zero attached hydrogens (tertiary/aromatic N) is 1. The molecule has 27 heavy (non-hydrogen) atoms. The number of amides is 1. The molecule has 0 aliphatic carbocycles. The number of anilines is 1. The predicted octanol–water partition coefficient (Wildman–Crippen LogP) is 4.21. The molecule has 0 aliphatic heterocycles. The summed E-state index contributed by atoms with van der Waals surface area (Å²) in [7, 11) is -3.26. The lowest BCUT2D eigenvalue weighted by Crippen LogP contribution is -2.12. The number of carbonyl (C=O) groups is 1. The summed E-state index contributed by atoms with van der Waals surface area (Å²) >= 11 is 1.36. The number of aryl methyl sites for hydroxylation is 2. The highest BCUT2D eigenvalue weighted by Gasteiger charge is 2.12. The minimum Gasteiger partial charge on any atom is -0.457 e. The molecule has 1 N–H and O–H groups in total. The molecule has 3 rings (SSSR count). The average Bonchev–Trinajstić information content (AvgIpc) is 2.99. The third-order valence-corrected chi connectivity index (χ3v) is 5.64. The van der Waals surface area contributed by atoms with Gasteiger partial charge in [0, 0.05) is 17.2 Å². The first-order valence-corrected chi connectivity index (χ1v) is 10.8. The smallest absolute Gasteiger partial charge is 0.257 e. The summed E-state index contributed by atoms with van der Waals surface area (Å²) in [4.78, 5) is 16.9. The van der Waals surface area contributed by atoms with E-state index in [4.69, 9.17) is 4.74 Å². The standard InChI is InChI=1S/C19H18N2O4S2/c1-12-8-14(18(22)21-19-20-13(2)11-26-19)10-16(9-12)25-15-4-6-17(7-5-15)27(3,23)24/h4-11H,1-3H3,(H,20,21,22). The zero-order valence-corrected chi connectivity index (χ0v) is 16.6. The molecule has 0 unspecified atom stereocenters. The summed E-state index contributed by atoms with van der Waals surface area (Å²) in [5.74, 6) is 0.697. The van der Waals surface area contributed by atoms with Crippen molar-refractivity contribution in [2.45, 2.75) is 18.7 Å². The SMILES string of the molecule is Cc1cc(Oc2ccc(S(C)(=O)=O)cc2)cc(C(=O)Nc2nc(C)cs2)c1. The Morgan fingerprint density at radius 3 is 2.37 bits per heavy atom. The van der Waals surface area contributed by atoms with Crippen molar-refractivity contribution in [3.05, 3.63) is 64.7 Å². The van der Waals surface area contributed by atoms with E-state index in [0.29, 0.717) is 22.2 Å². The zero-order chi connectivity index (χ0) is 19.6. The van der Waals surface area contributed by atoms with Gasteiger partial charge in [-0.1, -0.05) is 0 Å². The van der Waals surface area contributed by atoms with Crippen LogP contribution in [0.15, 0.2) is 52.7 Å². The van der Waals surface area contributed by atoms with Gasteiger partial charge in [0.1, 0.15) is 11.5 Å². The quantitative estimate of drug-likeness (QED) is 0.691. The number of aromatic nitrogens is 1.